The van der Waals surface area contributed by atoms with Crippen LogP contribution in [0.25, 0.3) is 10.1 Å². The van der Waals surface area contributed by atoms with Crippen LogP contribution in [0.4, 0.5) is 0 Å². The van der Waals surface area contributed by atoms with Gasteiger partial charge in [0.2, 0.25) is 0 Å². The molecule has 0 spiro atoms. The Labute approximate surface area is 147 Å². The zero-order valence-electron chi connectivity index (χ0n) is 13.8. The van der Waals surface area contributed by atoms with Crippen LogP contribution in [0, 0.1) is 11.8 Å². The van der Waals surface area contributed by atoms with Crippen LogP contribution < -0.4 is 5.32 Å². The molecule has 3 rings (SSSR count). The maximum Gasteiger partial charge on any atom is 0.261 e. The summed E-state index contributed by atoms with van der Waals surface area (Å²) in [5.41, 5.74) is 0. The highest BCUT2D eigenvalue weighted by molar-refractivity contribution is 7.20. The van der Waals surface area contributed by atoms with Gasteiger partial charge in [-0.25, -0.2) is 0 Å². The second kappa shape index (κ2) is 7.23. The van der Waals surface area contributed by atoms with Gasteiger partial charge in [0.05, 0.1) is 4.88 Å². The second-order valence-electron chi connectivity index (χ2n) is 7.00. The Morgan fingerprint density at radius 2 is 2.09 bits per heavy atom. The third kappa shape index (κ3) is 4.07. The third-order valence-corrected chi connectivity index (χ3v) is 6.36. The van der Waals surface area contributed by atoms with Crippen molar-refractivity contribution in [3.05, 3.63) is 34.2 Å². The van der Waals surface area contributed by atoms with Gasteiger partial charge in [-0.1, -0.05) is 50.3 Å². The summed E-state index contributed by atoms with van der Waals surface area (Å²) in [6.45, 7) is 4.46. The number of fused-ring (bicyclic) bond motifs is 1. The number of amides is 1. The van der Waals surface area contributed by atoms with E-state index >= 15 is 0 Å². The van der Waals surface area contributed by atoms with Crippen LogP contribution in [0.1, 0.15) is 55.6 Å². The Hall–Kier alpha value is -1.06. The molecule has 1 saturated carbocycles. The first-order chi connectivity index (χ1) is 11.0. The number of nitrogens with one attached hydrogen (secondary N) is 1. The molecule has 1 amide bonds. The van der Waals surface area contributed by atoms with E-state index in [0.717, 1.165) is 33.2 Å². The number of hydrogen-bond donors (Lipinski definition) is 1. The molecule has 23 heavy (non-hydrogen) atoms. The average molecular weight is 350 g/mol. The second-order valence-corrected chi connectivity index (χ2v) is 8.49. The predicted octanol–water partition coefficient (Wildman–Crippen LogP) is 5.89. The first-order valence-electron chi connectivity index (χ1n) is 8.52. The number of benzene rings is 1. The van der Waals surface area contributed by atoms with Gasteiger partial charge in [0, 0.05) is 21.2 Å². The van der Waals surface area contributed by atoms with Crippen molar-refractivity contribution in [3.63, 3.8) is 0 Å². The molecule has 1 atom stereocenters. The Balaban J connectivity index is 1.60. The number of carbonyl (C=O) groups excluding carboxylic acids is 1. The zero-order valence-corrected chi connectivity index (χ0v) is 15.3. The van der Waals surface area contributed by atoms with Crippen molar-refractivity contribution in [1.29, 1.82) is 0 Å². The molecule has 1 aromatic heterocycles. The molecule has 2 aromatic rings. The van der Waals surface area contributed by atoms with E-state index < -0.39 is 0 Å². The van der Waals surface area contributed by atoms with Crippen molar-refractivity contribution < 1.29 is 4.79 Å². The lowest BCUT2D eigenvalue weighted by Gasteiger charge is -2.28. The Morgan fingerprint density at radius 1 is 1.35 bits per heavy atom. The van der Waals surface area contributed by atoms with Gasteiger partial charge < -0.3 is 5.32 Å². The van der Waals surface area contributed by atoms with E-state index in [9.17, 15) is 4.79 Å². The lowest BCUT2D eigenvalue weighted by Crippen LogP contribution is -2.34. The maximum absolute atomic E-state index is 12.5. The summed E-state index contributed by atoms with van der Waals surface area (Å²) in [5, 5.41) is 4.84. The van der Waals surface area contributed by atoms with Gasteiger partial charge in [0.15, 0.2) is 0 Å². The quantitative estimate of drug-likeness (QED) is 0.732. The molecule has 1 unspecified atom stereocenters. The minimum absolute atomic E-state index is 0.0268. The third-order valence-electron chi connectivity index (χ3n) is 4.93. The van der Waals surface area contributed by atoms with E-state index in [1.807, 2.05) is 24.3 Å². The van der Waals surface area contributed by atoms with Gasteiger partial charge in [-0.2, -0.15) is 0 Å². The Kier molecular flexibility index (Phi) is 5.27. The van der Waals surface area contributed by atoms with E-state index in [2.05, 4.69) is 19.2 Å². The monoisotopic (exact) mass is 349 g/mol. The van der Waals surface area contributed by atoms with Crippen LogP contribution in [0.5, 0.6) is 0 Å². The fraction of sp³-hybridized carbons (Fsp3) is 0.526. The highest BCUT2D eigenvalue weighted by Crippen LogP contribution is 2.32. The SMILES string of the molecule is CC1CCC(CC(C)NC(=O)c2cc3c(Cl)cccc3s2)CC1. The van der Waals surface area contributed by atoms with Gasteiger partial charge in [-0.15, -0.1) is 11.3 Å². The molecule has 0 saturated heterocycles. The highest BCUT2D eigenvalue weighted by atomic mass is 35.5. The molecule has 0 radical (unpaired) electrons. The number of hydrogen-bond acceptors (Lipinski definition) is 2. The molecule has 4 heteroatoms. The molecule has 124 valence electrons. The van der Waals surface area contributed by atoms with Crippen LogP contribution >= 0.6 is 22.9 Å². The van der Waals surface area contributed by atoms with Crippen LogP contribution in [0.2, 0.25) is 5.02 Å². The fourth-order valence-electron chi connectivity index (χ4n) is 3.56. The molecular weight excluding hydrogens is 326 g/mol. The van der Waals surface area contributed by atoms with Crippen LogP contribution in [0.15, 0.2) is 24.3 Å². The van der Waals surface area contributed by atoms with Crippen molar-refractivity contribution >= 4 is 38.9 Å². The van der Waals surface area contributed by atoms with Gasteiger partial charge >= 0.3 is 0 Å². The first-order valence-corrected chi connectivity index (χ1v) is 9.71. The molecule has 1 N–H and O–H groups in total. The topological polar surface area (TPSA) is 29.1 Å². The molecular formula is C19H24ClNOS. The molecule has 0 aliphatic heterocycles. The van der Waals surface area contributed by atoms with Crippen molar-refractivity contribution in [2.75, 3.05) is 0 Å². The van der Waals surface area contributed by atoms with Gasteiger partial charge in [0.25, 0.3) is 5.91 Å². The summed E-state index contributed by atoms with van der Waals surface area (Å²) < 4.78 is 1.07. The predicted molar refractivity (Wildman–Crippen MR) is 99.5 cm³/mol. The lowest BCUT2D eigenvalue weighted by molar-refractivity contribution is 0.0936. The smallest absolute Gasteiger partial charge is 0.261 e. The minimum atomic E-state index is 0.0268. The summed E-state index contributed by atoms with van der Waals surface area (Å²) in [4.78, 5) is 13.2. The standard InChI is InChI=1S/C19H24ClNOS/c1-12-6-8-14(9-7-12)10-13(2)21-19(22)18-11-15-16(20)4-3-5-17(15)23-18/h3-5,11-14H,6-10H2,1-2H3,(H,21,22). The van der Waals surface area contributed by atoms with Crippen molar-refractivity contribution in [3.8, 4) is 0 Å². The Bertz CT molecular complexity index is 688. The maximum atomic E-state index is 12.5. The van der Waals surface area contributed by atoms with Crippen molar-refractivity contribution in [2.45, 2.75) is 52.0 Å². The summed E-state index contributed by atoms with van der Waals surface area (Å²) in [7, 11) is 0. The highest BCUT2D eigenvalue weighted by Gasteiger charge is 2.21. The van der Waals surface area contributed by atoms with Gasteiger partial charge in [-0.3, -0.25) is 4.79 Å². The lowest BCUT2D eigenvalue weighted by atomic mass is 9.80. The van der Waals surface area contributed by atoms with Gasteiger partial charge in [-0.05, 0) is 43.4 Å². The number of carbonyl (C=O) groups is 1. The largest absolute Gasteiger partial charge is 0.349 e. The van der Waals surface area contributed by atoms with E-state index in [4.69, 9.17) is 11.6 Å². The molecule has 2 nitrogen and oxygen atoms in total. The molecule has 0 bridgehead atoms. The van der Waals surface area contributed by atoms with Crippen molar-refractivity contribution in [1.82, 2.24) is 5.32 Å². The fourth-order valence-corrected chi connectivity index (χ4v) is 4.83. The van der Waals surface area contributed by atoms with E-state index in [-0.39, 0.29) is 11.9 Å². The number of rotatable bonds is 4. The van der Waals surface area contributed by atoms with E-state index in [0.29, 0.717) is 5.02 Å². The zero-order chi connectivity index (χ0) is 16.4. The first kappa shape index (κ1) is 16.8. The minimum Gasteiger partial charge on any atom is -0.349 e. The summed E-state index contributed by atoms with van der Waals surface area (Å²) in [6.07, 6.45) is 6.37. The molecule has 1 aromatic carbocycles. The number of halogens is 1. The van der Waals surface area contributed by atoms with Gasteiger partial charge in [0.1, 0.15) is 0 Å². The molecule has 1 aliphatic carbocycles. The Morgan fingerprint density at radius 3 is 2.78 bits per heavy atom. The van der Waals surface area contributed by atoms with E-state index in [1.54, 1.807) is 0 Å². The van der Waals surface area contributed by atoms with Crippen LogP contribution in [0.3, 0.4) is 0 Å². The summed E-state index contributed by atoms with van der Waals surface area (Å²) in [5.74, 6) is 1.66. The average Bonchev–Trinajstić information content (AvgIpc) is 2.95. The summed E-state index contributed by atoms with van der Waals surface area (Å²) in [6, 6.07) is 7.93. The van der Waals surface area contributed by atoms with Crippen LogP contribution in [-0.4, -0.2) is 11.9 Å². The molecule has 1 fully saturated rings. The van der Waals surface area contributed by atoms with Crippen LogP contribution in [-0.2, 0) is 0 Å². The molecule has 1 heterocycles. The number of thiophene rings is 1. The summed E-state index contributed by atoms with van der Waals surface area (Å²) >= 11 is 7.71. The molecule has 1 aliphatic rings. The normalized spacial score (nSPS) is 22.9. The van der Waals surface area contributed by atoms with E-state index in [1.165, 1.54) is 37.0 Å². The van der Waals surface area contributed by atoms with Crippen molar-refractivity contribution in [2.24, 2.45) is 11.8 Å².